The summed E-state index contributed by atoms with van der Waals surface area (Å²) < 4.78 is 13.4. The minimum Gasteiger partial charge on any atom is -0.352 e. The van der Waals surface area contributed by atoms with Gasteiger partial charge in [-0.05, 0) is 49.5 Å². The highest BCUT2D eigenvalue weighted by molar-refractivity contribution is 5.94. The summed E-state index contributed by atoms with van der Waals surface area (Å²) in [7, 11) is 0. The van der Waals surface area contributed by atoms with Crippen LogP contribution in [0.2, 0.25) is 0 Å². The highest BCUT2D eigenvalue weighted by Crippen LogP contribution is 2.48. The number of nitrogens with one attached hydrogen (secondary N) is 1. The van der Waals surface area contributed by atoms with E-state index in [-0.39, 0.29) is 11.5 Å². The molecule has 96 valence electrons. The molecule has 2 aliphatic carbocycles. The Labute approximate surface area is 106 Å². The summed E-state index contributed by atoms with van der Waals surface area (Å²) in [5.74, 6) is 1.32. The quantitative estimate of drug-likeness (QED) is 0.869. The lowest BCUT2D eigenvalue weighted by atomic mass is 9.98. The maximum Gasteiger partial charge on any atom is 0.254 e. The Hall–Kier alpha value is -1.45. The summed E-state index contributed by atoms with van der Waals surface area (Å²) in [5.41, 5.74) is 0.0929. The number of aromatic nitrogens is 1. The minimum absolute atomic E-state index is 0.0929. The van der Waals surface area contributed by atoms with Gasteiger partial charge in [-0.3, -0.25) is 9.78 Å². The molecule has 0 spiro atoms. The first-order valence-corrected chi connectivity index (χ1v) is 6.63. The van der Waals surface area contributed by atoms with Gasteiger partial charge in [0, 0.05) is 12.7 Å². The van der Waals surface area contributed by atoms with Crippen LogP contribution in [0.5, 0.6) is 0 Å². The smallest absolute Gasteiger partial charge is 0.254 e. The van der Waals surface area contributed by atoms with Crippen LogP contribution >= 0.6 is 0 Å². The molecule has 0 unspecified atom stereocenters. The van der Waals surface area contributed by atoms with Gasteiger partial charge >= 0.3 is 0 Å². The molecule has 0 radical (unpaired) electrons. The lowest BCUT2D eigenvalue weighted by Gasteiger charge is -2.16. The maximum absolute atomic E-state index is 13.4. The molecule has 0 aromatic carbocycles. The van der Waals surface area contributed by atoms with Crippen LogP contribution in [0.15, 0.2) is 18.5 Å². The first-order valence-electron chi connectivity index (χ1n) is 6.63. The maximum atomic E-state index is 13.4. The van der Waals surface area contributed by atoms with E-state index in [4.69, 9.17) is 0 Å². The van der Waals surface area contributed by atoms with E-state index in [2.05, 4.69) is 10.3 Å². The number of hydrogen-bond donors (Lipinski definition) is 1. The molecule has 4 heteroatoms. The van der Waals surface area contributed by atoms with Crippen LogP contribution in [0.3, 0.4) is 0 Å². The largest absolute Gasteiger partial charge is 0.352 e. The molecule has 0 saturated heterocycles. The molecule has 3 rings (SSSR count). The van der Waals surface area contributed by atoms with Crippen molar-refractivity contribution in [3.63, 3.8) is 0 Å². The van der Waals surface area contributed by atoms with E-state index in [1.54, 1.807) is 0 Å². The van der Waals surface area contributed by atoms with Crippen LogP contribution in [0.4, 0.5) is 4.39 Å². The van der Waals surface area contributed by atoms with E-state index < -0.39 is 5.82 Å². The van der Waals surface area contributed by atoms with E-state index in [9.17, 15) is 9.18 Å². The van der Waals surface area contributed by atoms with Crippen molar-refractivity contribution in [3.05, 3.63) is 29.8 Å². The van der Waals surface area contributed by atoms with Gasteiger partial charge in [-0.2, -0.15) is 0 Å². The molecule has 0 bridgehead atoms. The molecule has 3 nitrogen and oxygen atoms in total. The third-order valence-corrected chi connectivity index (χ3v) is 3.97. The number of halogens is 1. The van der Waals surface area contributed by atoms with Gasteiger partial charge in [0.05, 0.1) is 11.8 Å². The van der Waals surface area contributed by atoms with Gasteiger partial charge in [0.2, 0.25) is 0 Å². The number of carbonyl (C=O) groups is 1. The molecule has 1 aromatic heterocycles. The van der Waals surface area contributed by atoms with Crippen molar-refractivity contribution in [2.24, 2.45) is 17.8 Å². The molecule has 2 saturated carbocycles. The highest BCUT2D eigenvalue weighted by Gasteiger charge is 2.41. The summed E-state index contributed by atoms with van der Waals surface area (Å²) in [5, 5.41) is 2.88. The van der Waals surface area contributed by atoms with Crippen molar-refractivity contribution in [1.29, 1.82) is 0 Å². The van der Waals surface area contributed by atoms with Gasteiger partial charge in [-0.25, -0.2) is 4.39 Å². The molecule has 0 atom stereocenters. The molecule has 1 amide bonds. The Morgan fingerprint density at radius 1 is 1.39 bits per heavy atom. The Balaban J connectivity index is 1.59. The zero-order valence-electron chi connectivity index (χ0n) is 10.2. The zero-order chi connectivity index (χ0) is 12.5. The molecule has 2 fully saturated rings. The lowest BCUT2D eigenvalue weighted by molar-refractivity contribution is 0.0939. The fourth-order valence-corrected chi connectivity index (χ4v) is 2.63. The number of rotatable bonds is 5. The first-order chi connectivity index (χ1) is 8.75. The number of pyridine rings is 1. The molecule has 1 aromatic rings. The predicted molar refractivity (Wildman–Crippen MR) is 65.5 cm³/mol. The second kappa shape index (κ2) is 4.67. The van der Waals surface area contributed by atoms with E-state index in [1.165, 1.54) is 37.9 Å². The molecule has 1 heterocycles. The van der Waals surface area contributed by atoms with E-state index in [0.29, 0.717) is 12.5 Å². The van der Waals surface area contributed by atoms with Crippen LogP contribution in [0.1, 0.15) is 36.0 Å². The van der Waals surface area contributed by atoms with Crippen LogP contribution in [0.25, 0.3) is 0 Å². The van der Waals surface area contributed by atoms with E-state index in [1.807, 2.05) is 0 Å². The van der Waals surface area contributed by atoms with Gasteiger partial charge < -0.3 is 5.32 Å². The first kappa shape index (κ1) is 11.6. The Morgan fingerprint density at radius 3 is 2.61 bits per heavy atom. The third-order valence-electron chi connectivity index (χ3n) is 3.97. The number of hydrogen-bond acceptors (Lipinski definition) is 2. The average molecular weight is 248 g/mol. The Bertz CT molecular complexity index is 443. The van der Waals surface area contributed by atoms with Gasteiger partial charge in [0.1, 0.15) is 0 Å². The summed E-state index contributed by atoms with van der Waals surface area (Å²) >= 11 is 0. The van der Waals surface area contributed by atoms with E-state index in [0.717, 1.165) is 18.0 Å². The zero-order valence-corrected chi connectivity index (χ0v) is 10.2. The van der Waals surface area contributed by atoms with E-state index >= 15 is 0 Å². The molecular formula is C14H17FN2O. The monoisotopic (exact) mass is 248 g/mol. The fraction of sp³-hybridized carbons (Fsp3) is 0.571. The summed E-state index contributed by atoms with van der Waals surface area (Å²) in [6.07, 6.45) is 7.69. The van der Waals surface area contributed by atoms with Gasteiger partial charge in [0.25, 0.3) is 5.91 Å². The van der Waals surface area contributed by atoms with Crippen molar-refractivity contribution >= 4 is 5.91 Å². The standard InChI is InChI=1S/C14H17FN2O/c15-13-8-16-6-5-11(13)14(18)17-7-12(9-1-2-9)10-3-4-10/h5-6,8-10,12H,1-4,7H2,(H,17,18). The van der Waals surface area contributed by atoms with Crippen LogP contribution < -0.4 is 5.32 Å². The molecule has 0 aliphatic heterocycles. The van der Waals surface area contributed by atoms with Gasteiger partial charge in [-0.15, -0.1) is 0 Å². The molecule has 1 N–H and O–H groups in total. The topological polar surface area (TPSA) is 42.0 Å². The predicted octanol–water partition coefficient (Wildman–Crippen LogP) is 2.39. The number of carbonyl (C=O) groups excluding carboxylic acids is 1. The van der Waals surface area contributed by atoms with Crippen molar-refractivity contribution < 1.29 is 9.18 Å². The summed E-state index contributed by atoms with van der Waals surface area (Å²) in [6.45, 7) is 0.690. The highest BCUT2D eigenvalue weighted by atomic mass is 19.1. The van der Waals surface area contributed by atoms with Crippen molar-refractivity contribution in [3.8, 4) is 0 Å². The van der Waals surface area contributed by atoms with Gasteiger partial charge in [0.15, 0.2) is 5.82 Å². The molecular weight excluding hydrogens is 231 g/mol. The average Bonchev–Trinajstić information content (AvgIpc) is 3.24. The van der Waals surface area contributed by atoms with Crippen molar-refractivity contribution in [2.45, 2.75) is 25.7 Å². The number of amides is 1. The Morgan fingerprint density at radius 2 is 2.06 bits per heavy atom. The summed E-state index contributed by atoms with van der Waals surface area (Å²) in [6, 6.07) is 1.42. The fourth-order valence-electron chi connectivity index (χ4n) is 2.63. The SMILES string of the molecule is O=C(NCC(C1CC1)C1CC1)c1ccncc1F. The van der Waals surface area contributed by atoms with Crippen LogP contribution in [-0.2, 0) is 0 Å². The van der Waals surface area contributed by atoms with Gasteiger partial charge in [-0.1, -0.05) is 0 Å². The Kier molecular flexibility index (Phi) is 3.02. The number of nitrogens with zero attached hydrogens (tertiary/aromatic N) is 1. The third kappa shape index (κ3) is 2.52. The molecule has 2 aliphatic rings. The van der Waals surface area contributed by atoms with Crippen molar-refractivity contribution in [2.75, 3.05) is 6.54 Å². The lowest BCUT2D eigenvalue weighted by Crippen LogP contribution is -2.31. The van der Waals surface area contributed by atoms with Crippen LogP contribution in [-0.4, -0.2) is 17.4 Å². The second-order valence-electron chi connectivity index (χ2n) is 5.40. The summed E-state index contributed by atoms with van der Waals surface area (Å²) in [4.78, 5) is 15.5. The molecule has 18 heavy (non-hydrogen) atoms. The normalized spacial score (nSPS) is 19.0. The minimum atomic E-state index is -0.551. The van der Waals surface area contributed by atoms with Crippen molar-refractivity contribution in [1.82, 2.24) is 10.3 Å². The van der Waals surface area contributed by atoms with Crippen LogP contribution in [0, 0.1) is 23.6 Å². The second-order valence-corrected chi connectivity index (χ2v) is 5.40.